The van der Waals surface area contributed by atoms with Crippen molar-refractivity contribution in [3.63, 3.8) is 0 Å². The fourth-order valence-corrected chi connectivity index (χ4v) is 2.24. The third-order valence-electron chi connectivity index (χ3n) is 2.74. The number of hydrogen-bond acceptors (Lipinski definition) is 3. The summed E-state index contributed by atoms with van der Waals surface area (Å²) in [6.07, 6.45) is 0. The molecule has 2 aromatic rings. The van der Waals surface area contributed by atoms with Gasteiger partial charge in [-0.2, -0.15) is 0 Å². The van der Waals surface area contributed by atoms with Gasteiger partial charge in [0.1, 0.15) is 5.75 Å². The zero-order valence-electron chi connectivity index (χ0n) is 11.3. The van der Waals surface area contributed by atoms with Crippen LogP contribution in [0.25, 0.3) is 0 Å². The number of hydrogen-bond donors (Lipinski definition) is 2. The fourth-order valence-electron chi connectivity index (χ4n) is 1.75. The number of nitrogens with one attached hydrogen (secondary N) is 1. The Morgan fingerprint density at radius 3 is 2.52 bits per heavy atom. The van der Waals surface area contributed by atoms with Crippen LogP contribution in [-0.4, -0.2) is 12.5 Å². The van der Waals surface area contributed by atoms with E-state index in [1.807, 2.05) is 13.0 Å². The first-order chi connectivity index (χ1) is 10.0. The highest BCUT2D eigenvalue weighted by Crippen LogP contribution is 2.29. The third kappa shape index (κ3) is 3.80. The van der Waals surface area contributed by atoms with Crippen molar-refractivity contribution in [3.05, 3.63) is 52.0 Å². The smallest absolute Gasteiger partial charge is 0.255 e. The fraction of sp³-hybridized carbons (Fsp3) is 0.133. The van der Waals surface area contributed by atoms with Gasteiger partial charge in [-0.1, -0.05) is 29.3 Å². The van der Waals surface area contributed by atoms with Crippen LogP contribution >= 0.6 is 23.2 Å². The predicted octanol–water partition coefficient (Wildman–Crippen LogP) is 4.23. The summed E-state index contributed by atoms with van der Waals surface area (Å²) in [5.74, 6) is 0.358. The second-order valence-corrected chi connectivity index (χ2v) is 5.08. The summed E-state index contributed by atoms with van der Waals surface area (Å²) in [5, 5.41) is 3.25. The van der Waals surface area contributed by atoms with E-state index in [1.54, 1.807) is 18.2 Å². The first kappa shape index (κ1) is 15.5. The van der Waals surface area contributed by atoms with Crippen molar-refractivity contribution in [1.82, 2.24) is 0 Å². The number of nitrogen functional groups attached to an aromatic ring is 1. The number of ether oxygens (including phenoxy) is 1. The molecule has 110 valence electrons. The molecule has 0 radical (unpaired) electrons. The Balaban J connectivity index is 2.20. The van der Waals surface area contributed by atoms with E-state index in [9.17, 15) is 4.79 Å². The molecule has 21 heavy (non-hydrogen) atoms. The monoisotopic (exact) mass is 324 g/mol. The van der Waals surface area contributed by atoms with Crippen LogP contribution in [0.4, 0.5) is 11.4 Å². The molecule has 0 spiro atoms. The van der Waals surface area contributed by atoms with Crippen LogP contribution in [0.1, 0.15) is 17.3 Å². The van der Waals surface area contributed by atoms with Crippen LogP contribution in [0.5, 0.6) is 5.75 Å². The summed E-state index contributed by atoms with van der Waals surface area (Å²) in [5.41, 5.74) is 6.86. The number of halogens is 2. The van der Waals surface area contributed by atoms with Crippen LogP contribution in [0, 0.1) is 0 Å². The highest BCUT2D eigenvalue weighted by atomic mass is 35.5. The molecule has 0 heterocycles. The van der Waals surface area contributed by atoms with Crippen molar-refractivity contribution in [1.29, 1.82) is 0 Å². The van der Waals surface area contributed by atoms with Gasteiger partial charge in [-0.05, 0) is 31.2 Å². The normalized spacial score (nSPS) is 10.2. The number of carbonyl (C=O) groups excluding carboxylic acids is 1. The van der Waals surface area contributed by atoms with Gasteiger partial charge in [-0.3, -0.25) is 4.79 Å². The molecule has 0 aliphatic rings. The molecule has 0 fully saturated rings. The maximum absolute atomic E-state index is 12.2. The molecule has 0 saturated heterocycles. The molecule has 0 aromatic heterocycles. The first-order valence-corrected chi connectivity index (χ1v) is 7.05. The Kier molecular flexibility index (Phi) is 4.94. The van der Waals surface area contributed by atoms with Gasteiger partial charge in [0.05, 0.1) is 22.3 Å². The summed E-state index contributed by atoms with van der Waals surface area (Å²) < 4.78 is 5.38. The molecule has 2 rings (SSSR count). The Morgan fingerprint density at radius 1 is 1.24 bits per heavy atom. The van der Waals surface area contributed by atoms with Gasteiger partial charge in [-0.25, -0.2) is 0 Å². The van der Waals surface area contributed by atoms with Gasteiger partial charge in [0.15, 0.2) is 0 Å². The van der Waals surface area contributed by atoms with Crippen molar-refractivity contribution in [3.8, 4) is 5.75 Å². The summed E-state index contributed by atoms with van der Waals surface area (Å²) >= 11 is 11.8. The van der Waals surface area contributed by atoms with Gasteiger partial charge in [-0.15, -0.1) is 0 Å². The molecule has 6 heteroatoms. The molecule has 3 N–H and O–H groups in total. The SMILES string of the molecule is CCOc1cccc(NC(=O)c2cc(Cl)c(N)c(Cl)c2)c1. The molecule has 0 aliphatic carbocycles. The van der Waals surface area contributed by atoms with Crippen molar-refractivity contribution < 1.29 is 9.53 Å². The van der Waals surface area contributed by atoms with Gasteiger partial charge in [0.2, 0.25) is 0 Å². The summed E-state index contributed by atoms with van der Waals surface area (Å²) in [6, 6.07) is 10.1. The molecular weight excluding hydrogens is 311 g/mol. The quantitative estimate of drug-likeness (QED) is 0.827. The maximum Gasteiger partial charge on any atom is 0.255 e. The van der Waals surface area contributed by atoms with Crippen LogP contribution < -0.4 is 15.8 Å². The molecule has 0 saturated carbocycles. The van der Waals surface area contributed by atoms with E-state index in [2.05, 4.69) is 5.32 Å². The molecule has 0 unspecified atom stereocenters. The zero-order valence-corrected chi connectivity index (χ0v) is 12.8. The Bertz CT molecular complexity index is 651. The number of anilines is 2. The van der Waals surface area contributed by atoms with Crippen molar-refractivity contribution in [2.24, 2.45) is 0 Å². The summed E-state index contributed by atoms with van der Waals surface area (Å²) in [7, 11) is 0. The second-order valence-electron chi connectivity index (χ2n) is 4.27. The van der Waals surface area contributed by atoms with Crippen molar-refractivity contribution in [2.45, 2.75) is 6.92 Å². The number of benzene rings is 2. The molecule has 2 aromatic carbocycles. The van der Waals surface area contributed by atoms with E-state index < -0.39 is 0 Å². The zero-order chi connectivity index (χ0) is 15.4. The molecule has 4 nitrogen and oxygen atoms in total. The highest BCUT2D eigenvalue weighted by Gasteiger charge is 2.11. The topological polar surface area (TPSA) is 64.3 Å². The van der Waals surface area contributed by atoms with Gasteiger partial charge in [0.25, 0.3) is 5.91 Å². The maximum atomic E-state index is 12.2. The van der Waals surface area contributed by atoms with E-state index in [-0.39, 0.29) is 21.6 Å². The van der Waals surface area contributed by atoms with E-state index >= 15 is 0 Å². The standard InChI is InChI=1S/C15H14Cl2N2O2/c1-2-21-11-5-3-4-10(8-11)19-15(20)9-6-12(16)14(18)13(17)7-9/h3-8H,2,18H2,1H3,(H,19,20). The Hall–Kier alpha value is -1.91. The minimum Gasteiger partial charge on any atom is -0.494 e. The molecule has 1 amide bonds. The average molecular weight is 325 g/mol. The van der Waals surface area contributed by atoms with E-state index in [1.165, 1.54) is 12.1 Å². The van der Waals surface area contributed by atoms with Crippen molar-refractivity contribution >= 4 is 40.5 Å². The minimum atomic E-state index is -0.326. The van der Waals surface area contributed by atoms with Gasteiger partial charge >= 0.3 is 0 Å². The predicted molar refractivity (Wildman–Crippen MR) is 86.4 cm³/mol. The van der Waals surface area contributed by atoms with Crippen LogP contribution in [-0.2, 0) is 0 Å². The summed E-state index contributed by atoms with van der Waals surface area (Å²) in [4.78, 5) is 12.2. The minimum absolute atomic E-state index is 0.246. The van der Waals surface area contributed by atoms with E-state index in [0.717, 1.165) is 0 Å². The Morgan fingerprint density at radius 2 is 1.90 bits per heavy atom. The van der Waals surface area contributed by atoms with Gasteiger partial charge in [0, 0.05) is 17.3 Å². The average Bonchev–Trinajstić information content (AvgIpc) is 2.45. The van der Waals surface area contributed by atoms with E-state index in [4.69, 9.17) is 33.7 Å². The number of amides is 1. The first-order valence-electron chi connectivity index (χ1n) is 6.30. The lowest BCUT2D eigenvalue weighted by atomic mass is 10.2. The lowest BCUT2D eigenvalue weighted by Gasteiger charge is -2.09. The number of rotatable bonds is 4. The number of carbonyl (C=O) groups is 1. The third-order valence-corrected chi connectivity index (χ3v) is 3.37. The van der Waals surface area contributed by atoms with Gasteiger partial charge < -0.3 is 15.8 Å². The second kappa shape index (κ2) is 6.70. The number of nitrogens with two attached hydrogens (primary N) is 1. The highest BCUT2D eigenvalue weighted by molar-refractivity contribution is 6.39. The van der Waals surface area contributed by atoms with E-state index in [0.29, 0.717) is 23.6 Å². The van der Waals surface area contributed by atoms with Crippen LogP contribution in [0.2, 0.25) is 10.0 Å². The molecule has 0 bridgehead atoms. The molecule has 0 atom stereocenters. The van der Waals surface area contributed by atoms with Crippen LogP contribution in [0.3, 0.4) is 0 Å². The van der Waals surface area contributed by atoms with Crippen molar-refractivity contribution in [2.75, 3.05) is 17.7 Å². The lowest BCUT2D eigenvalue weighted by molar-refractivity contribution is 0.102. The van der Waals surface area contributed by atoms with Crippen LogP contribution in [0.15, 0.2) is 36.4 Å². The molecular formula is C15H14Cl2N2O2. The largest absolute Gasteiger partial charge is 0.494 e. The Labute approximate surface area is 132 Å². The summed E-state index contributed by atoms with van der Waals surface area (Å²) in [6.45, 7) is 2.45. The lowest BCUT2D eigenvalue weighted by Crippen LogP contribution is -2.12. The molecule has 0 aliphatic heterocycles.